The number of hydrogen-bond acceptors (Lipinski definition) is 1. The van der Waals surface area contributed by atoms with Crippen molar-refractivity contribution in [1.82, 2.24) is 4.57 Å². The Balaban J connectivity index is 1.11. The van der Waals surface area contributed by atoms with Crippen molar-refractivity contribution in [3.05, 3.63) is 206 Å². The van der Waals surface area contributed by atoms with Crippen LogP contribution in [0.15, 0.2) is 194 Å². The van der Waals surface area contributed by atoms with E-state index in [0.29, 0.717) is 0 Å². The van der Waals surface area contributed by atoms with Crippen LogP contribution in [0.1, 0.15) is 0 Å². The first-order valence-electron chi connectivity index (χ1n) is 16.9. The number of rotatable bonds is 7. The lowest BCUT2D eigenvalue weighted by atomic mass is 10.0. The first kappa shape index (κ1) is 29.3. The molecule has 50 heavy (non-hydrogen) atoms. The summed E-state index contributed by atoms with van der Waals surface area (Å²) in [6.45, 7) is 0. The van der Waals surface area contributed by atoms with Crippen molar-refractivity contribution in [2.24, 2.45) is 0 Å². The van der Waals surface area contributed by atoms with E-state index < -0.39 is 0 Å². The SMILES string of the molecule is c1ccc2c3ccc(-c4ccc(N(c5ccc(-c6ccccc6)cc5)c5ccc(-c6ccccc6)cc5)cc4)cc3n(-c3ccccc3)c2c#1. The Morgan fingerprint density at radius 3 is 1.34 bits per heavy atom. The number of para-hydroxylation sites is 1. The largest absolute Gasteiger partial charge is 0.311 e. The molecule has 0 atom stereocenters. The molecule has 0 spiro atoms. The highest BCUT2D eigenvalue weighted by Crippen LogP contribution is 2.39. The highest BCUT2D eigenvalue weighted by molar-refractivity contribution is 6.09. The summed E-state index contributed by atoms with van der Waals surface area (Å²) in [6.07, 6.45) is 0. The average Bonchev–Trinajstić information content (AvgIpc) is 3.53. The van der Waals surface area contributed by atoms with Gasteiger partial charge in [-0.3, -0.25) is 0 Å². The van der Waals surface area contributed by atoms with E-state index in [1.165, 1.54) is 38.6 Å². The third-order valence-corrected chi connectivity index (χ3v) is 9.47. The third-order valence-electron chi connectivity index (χ3n) is 9.47. The van der Waals surface area contributed by atoms with Crippen LogP contribution >= 0.6 is 0 Å². The fraction of sp³-hybridized carbons (Fsp3) is 0. The molecule has 1 heterocycles. The van der Waals surface area contributed by atoms with Crippen LogP contribution in [-0.2, 0) is 0 Å². The van der Waals surface area contributed by atoms with E-state index in [9.17, 15) is 0 Å². The lowest BCUT2D eigenvalue weighted by Crippen LogP contribution is -2.09. The van der Waals surface area contributed by atoms with Crippen molar-refractivity contribution < 1.29 is 0 Å². The van der Waals surface area contributed by atoms with E-state index >= 15 is 0 Å². The average molecular weight is 637 g/mol. The van der Waals surface area contributed by atoms with Gasteiger partial charge in [0.2, 0.25) is 0 Å². The summed E-state index contributed by atoms with van der Waals surface area (Å²) in [6, 6.07) is 75.6. The number of hydrogen-bond donors (Lipinski definition) is 0. The normalized spacial score (nSPS) is 11.0. The highest BCUT2D eigenvalue weighted by Gasteiger charge is 2.16. The van der Waals surface area contributed by atoms with E-state index in [1.54, 1.807) is 0 Å². The quantitative estimate of drug-likeness (QED) is 0.169. The molecule has 0 amide bonds. The predicted molar refractivity (Wildman–Crippen MR) is 209 cm³/mol. The molecule has 0 radical (unpaired) electrons. The van der Waals surface area contributed by atoms with Gasteiger partial charge < -0.3 is 9.47 Å². The van der Waals surface area contributed by atoms with E-state index in [4.69, 9.17) is 0 Å². The molecule has 0 N–H and O–H groups in total. The van der Waals surface area contributed by atoms with Gasteiger partial charge in [-0.15, -0.1) is 0 Å². The Hall–Kier alpha value is -6.82. The van der Waals surface area contributed by atoms with Crippen LogP contribution in [0.5, 0.6) is 0 Å². The molecular formula is C48H32N2. The molecule has 0 aliphatic heterocycles. The Kier molecular flexibility index (Phi) is 7.42. The van der Waals surface area contributed by atoms with Gasteiger partial charge >= 0.3 is 0 Å². The van der Waals surface area contributed by atoms with Gasteiger partial charge in [0.1, 0.15) is 5.52 Å². The minimum Gasteiger partial charge on any atom is -0.311 e. The molecule has 1 aromatic heterocycles. The van der Waals surface area contributed by atoms with Gasteiger partial charge in [0.15, 0.2) is 0 Å². The Morgan fingerprint density at radius 2 is 0.820 bits per heavy atom. The molecule has 2 nitrogen and oxygen atoms in total. The van der Waals surface area contributed by atoms with Crippen molar-refractivity contribution in [1.29, 1.82) is 0 Å². The standard InChI is InChI=1S/C48H32N2/c1-4-12-35(13-5-1)37-20-27-42(28-21-37)49(43-29-22-38(23-30-43)36-14-6-2-7-15-36)44-31-24-39(25-32-44)40-26-33-46-45-18-10-11-19-47(45)50(48(46)34-40)41-16-8-3-9-17-41/h1-10,12-18,20-34H. The zero-order chi connectivity index (χ0) is 33.3. The molecule has 0 fully saturated rings. The smallest absolute Gasteiger partial charge is 0.105 e. The maximum absolute atomic E-state index is 3.38. The Labute approximate surface area is 292 Å². The summed E-state index contributed by atoms with van der Waals surface area (Å²) in [5.74, 6) is 0. The molecule has 0 saturated heterocycles. The van der Waals surface area contributed by atoms with Crippen LogP contribution in [0.25, 0.3) is 60.9 Å². The van der Waals surface area contributed by atoms with Crippen molar-refractivity contribution in [3.8, 4) is 39.1 Å². The first-order valence-corrected chi connectivity index (χ1v) is 16.9. The summed E-state index contributed by atoms with van der Waals surface area (Å²) in [4.78, 5) is 2.33. The molecule has 0 unspecified atom stereocenters. The van der Waals surface area contributed by atoms with E-state index in [2.05, 4.69) is 210 Å². The lowest BCUT2D eigenvalue weighted by molar-refractivity contribution is 1.18. The van der Waals surface area contributed by atoms with Gasteiger partial charge in [-0.25, -0.2) is 0 Å². The molecular weight excluding hydrogens is 605 g/mol. The zero-order valence-electron chi connectivity index (χ0n) is 27.4. The van der Waals surface area contributed by atoms with Crippen LogP contribution in [-0.4, -0.2) is 4.57 Å². The minimum absolute atomic E-state index is 1.04. The Morgan fingerprint density at radius 1 is 0.380 bits per heavy atom. The summed E-state index contributed by atoms with van der Waals surface area (Å²) < 4.78 is 2.29. The second-order valence-electron chi connectivity index (χ2n) is 12.5. The number of aromatic nitrogens is 1. The predicted octanol–water partition coefficient (Wildman–Crippen LogP) is 12.9. The van der Waals surface area contributed by atoms with Crippen LogP contribution in [0.3, 0.4) is 0 Å². The van der Waals surface area contributed by atoms with Crippen LogP contribution in [0, 0.1) is 12.1 Å². The molecule has 9 rings (SSSR count). The van der Waals surface area contributed by atoms with Crippen molar-refractivity contribution in [2.45, 2.75) is 0 Å². The summed E-state index contributed by atoms with van der Waals surface area (Å²) >= 11 is 0. The van der Waals surface area contributed by atoms with Gasteiger partial charge in [-0.1, -0.05) is 133 Å². The number of fused-ring (bicyclic) bond motifs is 3. The topological polar surface area (TPSA) is 8.17 Å². The van der Waals surface area contributed by atoms with Crippen molar-refractivity contribution in [3.63, 3.8) is 0 Å². The maximum Gasteiger partial charge on any atom is 0.105 e. The summed E-state index contributed by atoms with van der Waals surface area (Å²) in [5.41, 5.74) is 13.7. The van der Waals surface area contributed by atoms with Gasteiger partial charge in [0, 0.05) is 33.5 Å². The lowest BCUT2D eigenvalue weighted by Gasteiger charge is -2.26. The number of benzene rings is 7. The molecule has 0 bridgehead atoms. The van der Waals surface area contributed by atoms with E-state index in [0.717, 1.165) is 39.3 Å². The number of nitrogens with zero attached hydrogens (tertiary/aromatic N) is 2. The fourth-order valence-electron chi connectivity index (χ4n) is 6.98. The monoisotopic (exact) mass is 636 g/mol. The van der Waals surface area contributed by atoms with E-state index in [1.807, 2.05) is 6.07 Å². The minimum atomic E-state index is 1.04. The van der Waals surface area contributed by atoms with Crippen LogP contribution in [0.4, 0.5) is 17.1 Å². The van der Waals surface area contributed by atoms with Crippen LogP contribution < -0.4 is 4.90 Å². The van der Waals surface area contributed by atoms with Gasteiger partial charge in [-0.05, 0) is 106 Å². The molecule has 8 aromatic carbocycles. The zero-order valence-corrected chi connectivity index (χ0v) is 27.4. The molecule has 0 aliphatic carbocycles. The molecule has 2 heteroatoms. The second-order valence-corrected chi connectivity index (χ2v) is 12.5. The molecule has 0 aliphatic rings. The molecule has 0 saturated carbocycles. The maximum atomic E-state index is 3.38. The first-order chi connectivity index (χ1) is 24.8. The molecule has 234 valence electrons. The summed E-state index contributed by atoms with van der Waals surface area (Å²) in [5, 5.41) is 2.38. The van der Waals surface area contributed by atoms with Crippen molar-refractivity contribution in [2.75, 3.05) is 4.90 Å². The fourth-order valence-corrected chi connectivity index (χ4v) is 6.98. The van der Waals surface area contributed by atoms with Gasteiger partial charge in [-0.2, -0.15) is 0 Å². The highest BCUT2D eigenvalue weighted by atomic mass is 15.1. The van der Waals surface area contributed by atoms with E-state index in [-0.39, 0.29) is 0 Å². The Bertz CT molecular complexity index is 2450. The third kappa shape index (κ3) is 5.38. The molecule has 9 aromatic rings. The van der Waals surface area contributed by atoms with Crippen molar-refractivity contribution >= 4 is 38.9 Å². The second kappa shape index (κ2) is 12.7. The van der Waals surface area contributed by atoms with Gasteiger partial charge in [0.05, 0.1) is 5.52 Å². The number of anilines is 3. The van der Waals surface area contributed by atoms with Crippen LogP contribution in [0.2, 0.25) is 0 Å². The van der Waals surface area contributed by atoms with Gasteiger partial charge in [0.25, 0.3) is 0 Å². The summed E-state index contributed by atoms with van der Waals surface area (Å²) in [7, 11) is 0.